The van der Waals surface area contributed by atoms with Crippen molar-refractivity contribution in [1.82, 2.24) is 19.9 Å². The molecule has 0 spiro atoms. The van der Waals surface area contributed by atoms with Gasteiger partial charge in [0.05, 0.1) is 17.6 Å². The highest BCUT2D eigenvalue weighted by Crippen LogP contribution is 2.15. The number of nitrogens with zero attached hydrogens (tertiary/aromatic N) is 3. The van der Waals surface area contributed by atoms with Gasteiger partial charge in [-0.15, -0.1) is 0 Å². The van der Waals surface area contributed by atoms with Crippen molar-refractivity contribution in [2.75, 3.05) is 19.3 Å². The Morgan fingerprint density at radius 2 is 2.00 bits per heavy atom. The minimum atomic E-state index is 0.753. The molecule has 3 N–H and O–H groups in total. The smallest absolute Gasteiger partial charge is 0.121 e. The highest BCUT2D eigenvalue weighted by atomic mass is 15.1. The van der Waals surface area contributed by atoms with E-state index in [1.54, 1.807) is 0 Å². The predicted octanol–water partition coefficient (Wildman–Crippen LogP) is 2.21. The van der Waals surface area contributed by atoms with Gasteiger partial charge in [-0.2, -0.15) is 0 Å². The van der Waals surface area contributed by atoms with Crippen LogP contribution in [0.5, 0.6) is 0 Å². The van der Waals surface area contributed by atoms with Crippen molar-refractivity contribution in [3.8, 4) is 0 Å². The van der Waals surface area contributed by atoms with Gasteiger partial charge in [0, 0.05) is 24.6 Å². The van der Waals surface area contributed by atoms with Crippen LogP contribution in [-0.4, -0.2) is 33.4 Å². The van der Waals surface area contributed by atoms with Gasteiger partial charge in [0.15, 0.2) is 0 Å². The van der Waals surface area contributed by atoms with Gasteiger partial charge < -0.3 is 10.7 Å². The van der Waals surface area contributed by atoms with Crippen molar-refractivity contribution < 1.29 is 0 Å². The van der Waals surface area contributed by atoms with Crippen LogP contribution in [0.2, 0.25) is 0 Å². The lowest BCUT2D eigenvalue weighted by Gasteiger charge is -2.14. The van der Waals surface area contributed by atoms with E-state index in [2.05, 4.69) is 39.0 Å². The number of benzene rings is 1. The molecule has 1 aromatic carbocycles. The summed E-state index contributed by atoms with van der Waals surface area (Å²) in [5, 5.41) is 0. The first-order chi connectivity index (χ1) is 10.2. The zero-order valence-corrected chi connectivity index (χ0v) is 12.1. The molecular formula is C16H19N5. The zero-order chi connectivity index (χ0) is 14.7. The van der Waals surface area contributed by atoms with Crippen molar-refractivity contribution in [2.45, 2.75) is 13.0 Å². The van der Waals surface area contributed by atoms with Crippen LogP contribution in [0.4, 0.5) is 5.69 Å². The fourth-order valence-electron chi connectivity index (χ4n) is 2.36. The van der Waals surface area contributed by atoms with Crippen molar-refractivity contribution in [1.29, 1.82) is 0 Å². The molecule has 108 valence electrons. The number of pyridine rings is 1. The van der Waals surface area contributed by atoms with Crippen LogP contribution in [-0.2, 0) is 13.0 Å². The van der Waals surface area contributed by atoms with Gasteiger partial charge in [-0.25, -0.2) is 4.98 Å². The predicted molar refractivity (Wildman–Crippen MR) is 84.8 cm³/mol. The van der Waals surface area contributed by atoms with Gasteiger partial charge in [0.1, 0.15) is 5.82 Å². The Kier molecular flexibility index (Phi) is 3.83. The van der Waals surface area contributed by atoms with E-state index in [9.17, 15) is 0 Å². The number of H-pyrrole nitrogens is 1. The minimum Gasteiger partial charge on any atom is -0.399 e. The topological polar surface area (TPSA) is 70.8 Å². The molecule has 0 amide bonds. The second-order valence-electron chi connectivity index (χ2n) is 5.30. The maximum Gasteiger partial charge on any atom is 0.121 e. The molecule has 0 atom stereocenters. The van der Waals surface area contributed by atoms with Gasteiger partial charge in [0.2, 0.25) is 0 Å². The Morgan fingerprint density at radius 3 is 2.81 bits per heavy atom. The number of rotatable bonds is 5. The SMILES string of the molecule is CN(CCc1ccncc1)Cc1nc2ccc(N)cc2[nH]1. The van der Waals surface area contributed by atoms with Crippen LogP contribution in [0, 0.1) is 0 Å². The summed E-state index contributed by atoms with van der Waals surface area (Å²) in [5.41, 5.74) is 9.79. The van der Waals surface area contributed by atoms with Crippen LogP contribution in [0.1, 0.15) is 11.4 Å². The molecule has 0 aliphatic heterocycles. The number of likely N-dealkylation sites (N-methyl/N-ethyl adjacent to an activating group) is 1. The average molecular weight is 281 g/mol. The molecule has 5 heteroatoms. The summed E-state index contributed by atoms with van der Waals surface area (Å²) in [6.07, 6.45) is 4.67. The van der Waals surface area contributed by atoms with Crippen LogP contribution >= 0.6 is 0 Å². The van der Waals surface area contributed by atoms with E-state index in [1.165, 1.54) is 5.56 Å². The Morgan fingerprint density at radius 1 is 1.19 bits per heavy atom. The fraction of sp³-hybridized carbons (Fsp3) is 0.250. The second-order valence-corrected chi connectivity index (χ2v) is 5.30. The number of fused-ring (bicyclic) bond motifs is 1. The molecule has 0 unspecified atom stereocenters. The molecule has 21 heavy (non-hydrogen) atoms. The summed E-state index contributed by atoms with van der Waals surface area (Å²) in [6.45, 7) is 1.77. The van der Waals surface area contributed by atoms with Gasteiger partial charge >= 0.3 is 0 Å². The molecule has 0 radical (unpaired) electrons. The van der Waals surface area contributed by atoms with Crippen LogP contribution in [0.25, 0.3) is 11.0 Å². The first-order valence-corrected chi connectivity index (χ1v) is 7.02. The van der Waals surface area contributed by atoms with E-state index in [-0.39, 0.29) is 0 Å². The Bertz CT molecular complexity index is 720. The number of nitrogen functional groups attached to an aromatic ring is 1. The summed E-state index contributed by atoms with van der Waals surface area (Å²) < 4.78 is 0. The number of aromatic nitrogens is 3. The average Bonchev–Trinajstić information content (AvgIpc) is 2.87. The summed E-state index contributed by atoms with van der Waals surface area (Å²) >= 11 is 0. The molecular weight excluding hydrogens is 262 g/mol. The third-order valence-corrected chi connectivity index (χ3v) is 3.51. The summed E-state index contributed by atoms with van der Waals surface area (Å²) in [6, 6.07) is 9.85. The molecule has 2 heterocycles. The maximum absolute atomic E-state index is 5.78. The number of nitrogens with one attached hydrogen (secondary N) is 1. The van der Waals surface area contributed by atoms with E-state index in [0.29, 0.717) is 0 Å². The number of imidazole rings is 1. The van der Waals surface area contributed by atoms with E-state index < -0.39 is 0 Å². The van der Waals surface area contributed by atoms with Crippen molar-refractivity contribution >= 4 is 16.7 Å². The third-order valence-electron chi connectivity index (χ3n) is 3.51. The number of aromatic amines is 1. The van der Waals surface area contributed by atoms with E-state index in [1.807, 2.05) is 30.6 Å². The number of nitrogens with two attached hydrogens (primary N) is 1. The van der Waals surface area contributed by atoms with Gasteiger partial charge in [-0.3, -0.25) is 9.88 Å². The lowest BCUT2D eigenvalue weighted by molar-refractivity contribution is 0.324. The van der Waals surface area contributed by atoms with E-state index in [4.69, 9.17) is 5.73 Å². The number of hydrogen-bond acceptors (Lipinski definition) is 4. The molecule has 3 aromatic rings. The molecule has 5 nitrogen and oxygen atoms in total. The van der Waals surface area contributed by atoms with Gasteiger partial charge in [0.25, 0.3) is 0 Å². The molecule has 2 aromatic heterocycles. The fourth-order valence-corrected chi connectivity index (χ4v) is 2.36. The quantitative estimate of drug-likeness (QED) is 0.703. The minimum absolute atomic E-state index is 0.753. The zero-order valence-electron chi connectivity index (χ0n) is 12.1. The standard InChI is InChI=1S/C16H19N5/c1-21(9-6-12-4-7-18-8-5-12)11-16-19-14-3-2-13(17)10-15(14)20-16/h2-5,7-8,10H,6,9,11,17H2,1H3,(H,19,20). The first kappa shape index (κ1) is 13.6. The first-order valence-electron chi connectivity index (χ1n) is 7.02. The molecule has 0 bridgehead atoms. The summed E-state index contributed by atoms with van der Waals surface area (Å²) in [7, 11) is 2.10. The van der Waals surface area contributed by atoms with Crippen LogP contribution in [0.3, 0.4) is 0 Å². The second kappa shape index (κ2) is 5.93. The van der Waals surface area contributed by atoms with Crippen molar-refractivity contribution in [3.05, 3.63) is 54.1 Å². The molecule has 0 fully saturated rings. The monoisotopic (exact) mass is 281 g/mol. The molecule has 3 rings (SSSR count). The third kappa shape index (κ3) is 3.38. The molecule has 0 aliphatic carbocycles. The summed E-state index contributed by atoms with van der Waals surface area (Å²) in [4.78, 5) is 14.2. The molecule has 0 aliphatic rings. The molecule has 0 saturated heterocycles. The largest absolute Gasteiger partial charge is 0.399 e. The van der Waals surface area contributed by atoms with E-state index >= 15 is 0 Å². The van der Waals surface area contributed by atoms with Gasteiger partial charge in [-0.1, -0.05) is 0 Å². The highest BCUT2D eigenvalue weighted by molar-refractivity contribution is 5.78. The number of hydrogen-bond donors (Lipinski definition) is 2. The lowest BCUT2D eigenvalue weighted by atomic mass is 10.2. The molecule has 0 saturated carbocycles. The highest BCUT2D eigenvalue weighted by Gasteiger charge is 2.06. The maximum atomic E-state index is 5.78. The lowest BCUT2D eigenvalue weighted by Crippen LogP contribution is -2.21. The number of anilines is 1. The van der Waals surface area contributed by atoms with Crippen molar-refractivity contribution in [2.24, 2.45) is 0 Å². The Hall–Kier alpha value is -2.40. The van der Waals surface area contributed by atoms with Crippen LogP contribution < -0.4 is 5.73 Å². The van der Waals surface area contributed by atoms with Crippen LogP contribution in [0.15, 0.2) is 42.7 Å². The van der Waals surface area contributed by atoms with Gasteiger partial charge in [-0.05, 0) is 49.4 Å². The van der Waals surface area contributed by atoms with E-state index in [0.717, 1.165) is 42.1 Å². The van der Waals surface area contributed by atoms with Crippen molar-refractivity contribution in [3.63, 3.8) is 0 Å². The summed E-state index contributed by atoms with van der Waals surface area (Å²) in [5.74, 6) is 0.966. The Balaban J connectivity index is 1.62. The normalized spacial score (nSPS) is 11.3. The Labute approximate surface area is 123 Å².